The van der Waals surface area contributed by atoms with Gasteiger partial charge >= 0.3 is 0 Å². The second-order valence-corrected chi connectivity index (χ2v) is 4.94. The fourth-order valence-electron chi connectivity index (χ4n) is 2.89. The lowest BCUT2D eigenvalue weighted by molar-refractivity contribution is 0.0567. The summed E-state index contributed by atoms with van der Waals surface area (Å²) in [6.45, 7) is 3.46. The maximum Gasteiger partial charge on any atom is 0.257 e. The lowest BCUT2D eigenvalue weighted by Crippen LogP contribution is -2.52. The van der Waals surface area contributed by atoms with E-state index in [4.69, 9.17) is 0 Å². The van der Waals surface area contributed by atoms with E-state index in [2.05, 4.69) is 9.88 Å². The van der Waals surface area contributed by atoms with Crippen LogP contribution in [-0.4, -0.2) is 52.9 Å². The highest BCUT2D eigenvalue weighted by Gasteiger charge is 2.33. The van der Waals surface area contributed by atoms with Gasteiger partial charge in [-0.05, 0) is 25.5 Å². The van der Waals surface area contributed by atoms with E-state index < -0.39 is 5.82 Å². The van der Waals surface area contributed by atoms with Crippen molar-refractivity contribution in [3.8, 4) is 0 Å². The summed E-state index contributed by atoms with van der Waals surface area (Å²) in [6.07, 6.45) is 4.90. The second kappa shape index (κ2) is 4.65. The summed E-state index contributed by atoms with van der Waals surface area (Å²) in [7, 11) is 0. The van der Waals surface area contributed by atoms with E-state index >= 15 is 0 Å². The molecule has 96 valence electrons. The van der Waals surface area contributed by atoms with Crippen molar-refractivity contribution in [2.24, 2.45) is 0 Å². The number of hydrogen-bond acceptors (Lipinski definition) is 3. The van der Waals surface area contributed by atoms with E-state index in [0.29, 0.717) is 12.6 Å². The number of piperazine rings is 1. The predicted molar refractivity (Wildman–Crippen MR) is 64.7 cm³/mol. The summed E-state index contributed by atoms with van der Waals surface area (Å²) in [5.74, 6) is -0.738. The van der Waals surface area contributed by atoms with E-state index in [1.165, 1.54) is 18.7 Å². The maximum absolute atomic E-state index is 13.5. The first kappa shape index (κ1) is 11.6. The van der Waals surface area contributed by atoms with E-state index in [-0.39, 0.29) is 11.5 Å². The number of amides is 1. The molecule has 0 saturated carbocycles. The molecule has 0 spiro atoms. The van der Waals surface area contributed by atoms with Crippen LogP contribution in [0.1, 0.15) is 23.2 Å². The van der Waals surface area contributed by atoms with E-state index in [0.717, 1.165) is 32.3 Å². The molecular formula is C13H16FN3O. The fourth-order valence-corrected chi connectivity index (χ4v) is 2.89. The van der Waals surface area contributed by atoms with Gasteiger partial charge in [-0.15, -0.1) is 0 Å². The first-order chi connectivity index (χ1) is 8.75. The van der Waals surface area contributed by atoms with Crippen molar-refractivity contribution >= 4 is 5.91 Å². The molecule has 3 heterocycles. The Balaban J connectivity index is 1.75. The molecule has 2 aliphatic heterocycles. The van der Waals surface area contributed by atoms with Gasteiger partial charge in [0.1, 0.15) is 0 Å². The van der Waals surface area contributed by atoms with Crippen LogP contribution in [0.4, 0.5) is 4.39 Å². The molecule has 2 fully saturated rings. The average Bonchev–Trinajstić information content (AvgIpc) is 2.85. The Bertz CT molecular complexity index is 465. The van der Waals surface area contributed by atoms with Crippen molar-refractivity contribution in [2.45, 2.75) is 18.9 Å². The standard InChI is InChI=1S/C13H16FN3O/c14-12-8-15-4-3-11(12)13(18)17-7-6-16-5-1-2-10(16)9-17/h3-4,8,10H,1-2,5-7,9H2. The van der Waals surface area contributed by atoms with Crippen LogP contribution in [0.15, 0.2) is 18.5 Å². The molecule has 5 heteroatoms. The summed E-state index contributed by atoms with van der Waals surface area (Å²) in [4.78, 5) is 20.1. The molecule has 4 nitrogen and oxygen atoms in total. The predicted octanol–water partition coefficient (Wildman–Crippen LogP) is 1.14. The normalized spacial score (nSPS) is 24.1. The van der Waals surface area contributed by atoms with Gasteiger partial charge < -0.3 is 4.90 Å². The number of carbonyl (C=O) groups excluding carboxylic acids is 1. The van der Waals surface area contributed by atoms with Crippen molar-refractivity contribution in [2.75, 3.05) is 26.2 Å². The van der Waals surface area contributed by atoms with Crippen molar-refractivity contribution in [3.05, 3.63) is 29.8 Å². The fraction of sp³-hybridized carbons (Fsp3) is 0.538. The monoisotopic (exact) mass is 249 g/mol. The summed E-state index contributed by atoms with van der Waals surface area (Å²) >= 11 is 0. The number of fused-ring (bicyclic) bond motifs is 1. The molecule has 0 radical (unpaired) electrons. The molecule has 0 bridgehead atoms. The molecule has 0 aliphatic carbocycles. The minimum absolute atomic E-state index is 0.136. The maximum atomic E-state index is 13.5. The van der Waals surface area contributed by atoms with Crippen molar-refractivity contribution in [1.29, 1.82) is 0 Å². The minimum Gasteiger partial charge on any atom is -0.336 e. The van der Waals surface area contributed by atoms with E-state index in [1.54, 1.807) is 4.90 Å². The Morgan fingerprint density at radius 3 is 3.11 bits per heavy atom. The number of aromatic nitrogens is 1. The average molecular weight is 249 g/mol. The van der Waals surface area contributed by atoms with E-state index in [1.807, 2.05) is 0 Å². The molecule has 2 aliphatic rings. The molecule has 1 unspecified atom stereocenters. The van der Waals surface area contributed by atoms with Crippen molar-refractivity contribution in [3.63, 3.8) is 0 Å². The van der Waals surface area contributed by atoms with Gasteiger partial charge in [-0.3, -0.25) is 14.7 Å². The Hall–Kier alpha value is -1.49. The highest BCUT2D eigenvalue weighted by Crippen LogP contribution is 2.22. The summed E-state index contributed by atoms with van der Waals surface area (Å²) in [5.41, 5.74) is 0.136. The third-order valence-electron chi connectivity index (χ3n) is 3.88. The third kappa shape index (κ3) is 1.99. The van der Waals surface area contributed by atoms with Gasteiger partial charge in [0.25, 0.3) is 5.91 Å². The van der Waals surface area contributed by atoms with Crippen molar-refractivity contribution < 1.29 is 9.18 Å². The quantitative estimate of drug-likeness (QED) is 0.749. The zero-order valence-electron chi connectivity index (χ0n) is 10.2. The molecule has 0 aromatic carbocycles. The topological polar surface area (TPSA) is 36.4 Å². The molecule has 1 amide bonds. The largest absolute Gasteiger partial charge is 0.336 e. The molecule has 18 heavy (non-hydrogen) atoms. The first-order valence-corrected chi connectivity index (χ1v) is 6.38. The van der Waals surface area contributed by atoms with Crippen LogP contribution in [0.25, 0.3) is 0 Å². The van der Waals surface area contributed by atoms with Crippen LogP contribution in [-0.2, 0) is 0 Å². The molecule has 0 N–H and O–H groups in total. The molecule has 1 aromatic rings. The Kier molecular flexibility index (Phi) is 2.99. The molecule has 3 rings (SSSR count). The third-order valence-corrected chi connectivity index (χ3v) is 3.88. The zero-order chi connectivity index (χ0) is 12.5. The van der Waals surface area contributed by atoms with Gasteiger partial charge in [-0.25, -0.2) is 4.39 Å². The summed E-state index contributed by atoms with van der Waals surface area (Å²) in [6, 6.07) is 1.92. The van der Waals surface area contributed by atoms with Gasteiger partial charge in [-0.2, -0.15) is 0 Å². The van der Waals surface area contributed by atoms with Crippen molar-refractivity contribution in [1.82, 2.24) is 14.8 Å². The van der Waals surface area contributed by atoms with Gasteiger partial charge in [0.15, 0.2) is 5.82 Å². The second-order valence-electron chi connectivity index (χ2n) is 4.94. The van der Waals surface area contributed by atoms with Crippen LogP contribution in [0.3, 0.4) is 0 Å². The molecule has 1 aromatic heterocycles. The van der Waals surface area contributed by atoms with Gasteiger partial charge in [0.2, 0.25) is 0 Å². The smallest absolute Gasteiger partial charge is 0.257 e. The van der Waals surface area contributed by atoms with Crippen LogP contribution < -0.4 is 0 Å². The first-order valence-electron chi connectivity index (χ1n) is 6.38. The van der Waals surface area contributed by atoms with Gasteiger partial charge in [-0.1, -0.05) is 0 Å². The highest BCUT2D eigenvalue weighted by atomic mass is 19.1. The SMILES string of the molecule is O=C(c1ccncc1F)N1CCN2CCCC2C1. The number of rotatable bonds is 1. The highest BCUT2D eigenvalue weighted by molar-refractivity contribution is 5.94. The summed E-state index contributed by atoms with van der Waals surface area (Å²) in [5, 5.41) is 0. The Labute approximate surface area is 105 Å². The van der Waals surface area contributed by atoms with Crippen LogP contribution in [0.2, 0.25) is 0 Å². The molecular weight excluding hydrogens is 233 g/mol. The zero-order valence-corrected chi connectivity index (χ0v) is 10.2. The lowest BCUT2D eigenvalue weighted by atomic mass is 10.1. The summed E-state index contributed by atoms with van der Waals surface area (Å²) < 4.78 is 13.5. The Morgan fingerprint density at radius 1 is 1.39 bits per heavy atom. The Morgan fingerprint density at radius 2 is 2.28 bits per heavy atom. The number of hydrogen-bond donors (Lipinski definition) is 0. The van der Waals surface area contributed by atoms with Crippen LogP contribution >= 0.6 is 0 Å². The van der Waals surface area contributed by atoms with Crippen LogP contribution in [0, 0.1) is 5.82 Å². The number of nitrogens with zero attached hydrogens (tertiary/aromatic N) is 3. The van der Waals surface area contributed by atoms with E-state index in [9.17, 15) is 9.18 Å². The number of pyridine rings is 1. The lowest BCUT2D eigenvalue weighted by Gasteiger charge is -2.37. The number of halogens is 1. The van der Waals surface area contributed by atoms with Gasteiger partial charge in [0, 0.05) is 31.9 Å². The van der Waals surface area contributed by atoms with Gasteiger partial charge in [0.05, 0.1) is 11.8 Å². The number of carbonyl (C=O) groups is 1. The van der Waals surface area contributed by atoms with Crippen LogP contribution in [0.5, 0.6) is 0 Å². The molecule has 2 saturated heterocycles. The minimum atomic E-state index is -0.531. The molecule has 1 atom stereocenters.